The molecule has 2 aliphatic heterocycles. The Labute approximate surface area is 327 Å². The maximum Gasteiger partial charge on any atom is 0.335 e. The molecule has 0 bridgehead atoms. The van der Waals surface area contributed by atoms with Crippen molar-refractivity contribution in [1.29, 1.82) is 0 Å². The maximum atomic E-state index is 15.4. The summed E-state index contributed by atoms with van der Waals surface area (Å²) in [5.74, 6) is -7.60. The first-order valence-electron chi connectivity index (χ1n) is 17.0. The molecule has 0 aromatic heterocycles. The molecule has 54 heavy (non-hydrogen) atoms. The molecule has 4 aliphatic rings. The second-order valence-corrected chi connectivity index (χ2v) is 15.5. The molecule has 6 atom stereocenters. The number of aromatic carboxylic acids is 1. The van der Waals surface area contributed by atoms with E-state index in [-0.39, 0.29) is 40.6 Å². The van der Waals surface area contributed by atoms with Crippen LogP contribution in [-0.4, -0.2) is 51.9 Å². The van der Waals surface area contributed by atoms with Crippen molar-refractivity contribution in [2.75, 3.05) is 17.4 Å². The number of benzene rings is 4. The van der Waals surface area contributed by atoms with Gasteiger partial charge in [-0.05, 0) is 91.1 Å². The Morgan fingerprint density at radius 2 is 1.69 bits per heavy atom. The van der Waals surface area contributed by atoms with E-state index in [1.807, 2.05) is 6.08 Å². The molecule has 2 heterocycles. The first-order valence-corrected chi connectivity index (χ1v) is 18.6. The summed E-state index contributed by atoms with van der Waals surface area (Å²) in [4.78, 5) is 71.7. The zero-order chi connectivity index (χ0) is 38.2. The number of amides is 4. The number of hydrazine groups is 1. The number of allylic oxidation sites excluding steroid dienone is 2. The second kappa shape index (κ2) is 13.3. The van der Waals surface area contributed by atoms with Gasteiger partial charge in [-0.15, -0.1) is 0 Å². The van der Waals surface area contributed by atoms with Gasteiger partial charge in [-0.1, -0.05) is 69.0 Å². The molecule has 274 valence electrons. The summed E-state index contributed by atoms with van der Waals surface area (Å²) < 4.78 is 6.04. The molecule has 0 spiro atoms. The number of nitrogens with zero attached hydrogens (tertiary/aromatic N) is 2. The minimum atomic E-state index is -1.66. The Morgan fingerprint density at radius 3 is 2.39 bits per heavy atom. The van der Waals surface area contributed by atoms with E-state index < -0.39 is 64.6 Å². The first kappa shape index (κ1) is 35.8. The fourth-order valence-corrected chi connectivity index (χ4v) is 9.81. The van der Waals surface area contributed by atoms with Crippen molar-refractivity contribution in [1.82, 2.24) is 5.01 Å². The number of halogens is 3. The fraction of sp³-hybridized carbons (Fsp3) is 0.225. The topological polar surface area (TPSA) is 154 Å². The Morgan fingerprint density at radius 1 is 0.926 bits per heavy atom. The van der Waals surface area contributed by atoms with Crippen LogP contribution in [0.25, 0.3) is 0 Å². The van der Waals surface area contributed by atoms with Gasteiger partial charge in [-0.2, -0.15) is 5.01 Å². The Hall–Kier alpha value is -5.17. The van der Waals surface area contributed by atoms with E-state index in [2.05, 4.69) is 21.4 Å². The highest BCUT2D eigenvalue weighted by atomic mass is 79.9. The number of anilines is 2. The third-order valence-electron chi connectivity index (χ3n) is 11.2. The van der Waals surface area contributed by atoms with Crippen LogP contribution in [0.1, 0.15) is 40.2 Å². The molecule has 4 aromatic carbocycles. The van der Waals surface area contributed by atoms with Crippen molar-refractivity contribution in [2.24, 2.45) is 23.7 Å². The van der Waals surface area contributed by atoms with E-state index in [1.165, 1.54) is 43.5 Å². The van der Waals surface area contributed by atoms with Crippen LogP contribution < -0.4 is 15.1 Å². The third-order valence-corrected chi connectivity index (χ3v) is 12.3. The predicted octanol–water partition coefficient (Wildman–Crippen LogP) is 7.36. The monoisotopic (exact) mass is 829 g/mol. The van der Waals surface area contributed by atoms with E-state index in [9.17, 15) is 29.4 Å². The SMILES string of the molecule is COc1ccc(C23C(=O)N(Nc4ccc(Cl)cc4Cl)C(=O)C2CC2C(=CCC4C(=O)N(c5cccc(C(=O)O)c5)C(=O)C42)C3c2cc(Br)ccc2O)cc1. The molecular weight excluding hydrogens is 801 g/mol. The highest BCUT2D eigenvalue weighted by Crippen LogP contribution is 2.65. The van der Waals surface area contributed by atoms with Gasteiger partial charge in [0.15, 0.2) is 0 Å². The number of aromatic hydroxyl groups is 1. The lowest BCUT2D eigenvalue weighted by molar-refractivity contribution is -0.138. The van der Waals surface area contributed by atoms with Gasteiger partial charge in [0.2, 0.25) is 11.8 Å². The molecule has 4 amide bonds. The Kier molecular flexibility index (Phi) is 8.82. The predicted molar refractivity (Wildman–Crippen MR) is 202 cm³/mol. The van der Waals surface area contributed by atoms with E-state index >= 15 is 4.79 Å². The minimum Gasteiger partial charge on any atom is -0.508 e. The molecule has 4 aromatic rings. The summed E-state index contributed by atoms with van der Waals surface area (Å²) in [5.41, 5.74) is 3.03. The van der Waals surface area contributed by atoms with Crippen LogP contribution in [0.5, 0.6) is 11.5 Å². The zero-order valence-corrected chi connectivity index (χ0v) is 31.4. The van der Waals surface area contributed by atoms with Gasteiger partial charge in [0.1, 0.15) is 11.5 Å². The van der Waals surface area contributed by atoms with Gasteiger partial charge in [-0.25, -0.2) is 4.79 Å². The average molecular weight is 832 g/mol. The van der Waals surface area contributed by atoms with Crippen LogP contribution in [0.4, 0.5) is 11.4 Å². The average Bonchev–Trinajstić information content (AvgIpc) is 3.54. The quantitative estimate of drug-likeness (QED) is 0.128. The van der Waals surface area contributed by atoms with Crippen molar-refractivity contribution in [3.8, 4) is 11.5 Å². The Bertz CT molecular complexity index is 2330. The lowest BCUT2D eigenvalue weighted by Gasteiger charge is -2.50. The standard InChI is InChI=1S/C40H30BrCl2N3O8/c1-54-24-9-5-20(6-10-24)40-29(36(49)46(39(40)53)44-31-13-8-22(42)17-30(31)43)18-27-25(34(40)28-16-21(41)7-14-32(28)47)11-12-26-33(27)37(50)45(35(26)48)23-4-2-3-19(15-23)38(51)52/h2-11,13-17,26-27,29,33-34,44,47H,12,18H2,1H3,(H,51,52). The number of carboxylic acids is 1. The van der Waals surface area contributed by atoms with Crippen LogP contribution in [0.3, 0.4) is 0 Å². The number of imide groups is 2. The largest absolute Gasteiger partial charge is 0.508 e. The zero-order valence-electron chi connectivity index (χ0n) is 28.3. The number of phenolic OH excluding ortho intramolecular Hbond substituents is 1. The molecule has 2 saturated heterocycles. The highest BCUT2D eigenvalue weighted by molar-refractivity contribution is 9.10. The minimum absolute atomic E-state index is 0.00340. The first-order chi connectivity index (χ1) is 25.9. The van der Waals surface area contributed by atoms with Gasteiger partial charge in [0, 0.05) is 21.0 Å². The molecule has 14 heteroatoms. The number of carbonyl (C=O) groups excluding carboxylic acids is 4. The van der Waals surface area contributed by atoms with Crippen molar-refractivity contribution < 1.29 is 38.9 Å². The molecule has 8 rings (SSSR count). The summed E-state index contributed by atoms with van der Waals surface area (Å²) in [6.45, 7) is 0. The molecule has 0 radical (unpaired) electrons. The molecular formula is C40H30BrCl2N3O8. The van der Waals surface area contributed by atoms with Crippen LogP contribution >= 0.6 is 39.1 Å². The van der Waals surface area contributed by atoms with Crippen molar-refractivity contribution in [3.05, 3.63) is 128 Å². The van der Waals surface area contributed by atoms with Crippen molar-refractivity contribution >= 4 is 80.1 Å². The number of ether oxygens (including phenoxy) is 1. The smallest absolute Gasteiger partial charge is 0.335 e. The molecule has 11 nitrogen and oxygen atoms in total. The number of rotatable bonds is 7. The molecule has 3 fully saturated rings. The summed E-state index contributed by atoms with van der Waals surface area (Å²) in [6.07, 6.45) is 2.00. The van der Waals surface area contributed by atoms with Gasteiger partial charge >= 0.3 is 5.97 Å². The Balaban J connectivity index is 1.33. The fourth-order valence-electron chi connectivity index (χ4n) is 8.98. The normalized spacial score (nSPS) is 25.9. The van der Waals surface area contributed by atoms with Crippen molar-refractivity contribution in [2.45, 2.75) is 24.2 Å². The third kappa shape index (κ3) is 5.33. The maximum absolute atomic E-state index is 15.4. The van der Waals surface area contributed by atoms with Crippen molar-refractivity contribution in [3.63, 3.8) is 0 Å². The van der Waals surface area contributed by atoms with Crippen LogP contribution in [-0.2, 0) is 24.6 Å². The van der Waals surface area contributed by atoms with Gasteiger partial charge < -0.3 is 14.9 Å². The number of phenols is 1. The second-order valence-electron chi connectivity index (χ2n) is 13.8. The molecule has 3 N–H and O–H groups in total. The van der Waals surface area contributed by atoms with Crippen LogP contribution in [0, 0.1) is 23.7 Å². The molecule has 6 unspecified atom stereocenters. The lowest BCUT2D eigenvalue weighted by Crippen LogP contribution is -2.53. The number of nitrogens with one attached hydrogen (secondary N) is 1. The van der Waals surface area contributed by atoms with Gasteiger partial charge in [-0.3, -0.25) is 29.5 Å². The number of fused-ring (bicyclic) bond motifs is 4. The van der Waals surface area contributed by atoms with E-state index in [0.717, 1.165) is 9.91 Å². The highest BCUT2D eigenvalue weighted by Gasteiger charge is 2.70. The van der Waals surface area contributed by atoms with Crippen LogP contribution in [0.2, 0.25) is 10.0 Å². The summed E-state index contributed by atoms with van der Waals surface area (Å²) in [7, 11) is 1.51. The van der Waals surface area contributed by atoms with Gasteiger partial charge in [0.05, 0.1) is 52.2 Å². The number of carbonyl (C=O) groups is 5. The van der Waals surface area contributed by atoms with E-state index in [1.54, 1.807) is 48.5 Å². The lowest BCUT2D eigenvalue weighted by atomic mass is 9.49. The van der Waals surface area contributed by atoms with E-state index in [0.29, 0.717) is 31.9 Å². The van der Waals surface area contributed by atoms with E-state index in [4.69, 9.17) is 27.9 Å². The summed E-state index contributed by atoms with van der Waals surface area (Å²) in [6, 6.07) is 21.9. The number of carboxylic acid groups (broad SMARTS) is 1. The molecule has 1 saturated carbocycles. The summed E-state index contributed by atoms with van der Waals surface area (Å²) in [5, 5.41) is 22.7. The number of methoxy groups -OCH3 is 1. The molecule has 2 aliphatic carbocycles. The van der Waals surface area contributed by atoms with Gasteiger partial charge in [0.25, 0.3) is 11.8 Å². The van der Waals surface area contributed by atoms with Crippen LogP contribution in [0.15, 0.2) is 101 Å². The summed E-state index contributed by atoms with van der Waals surface area (Å²) >= 11 is 16.2. The number of hydrogen-bond donors (Lipinski definition) is 3. The number of hydrogen-bond acceptors (Lipinski definition) is 8.